The number of nitrogens with zero attached hydrogens (tertiary/aromatic N) is 1. The van der Waals surface area contributed by atoms with Gasteiger partial charge in [0.15, 0.2) is 0 Å². The number of carbonyl (C=O) groups is 2. The SMILES string of the molecule is O=CNc1ccccc1C(=O)Nc1ccccc1N1CCOCC1. The summed E-state index contributed by atoms with van der Waals surface area (Å²) in [6.07, 6.45) is 0.563. The molecule has 0 radical (unpaired) electrons. The van der Waals surface area contributed by atoms with Crippen molar-refractivity contribution in [2.24, 2.45) is 0 Å². The van der Waals surface area contributed by atoms with Crippen molar-refractivity contribution in [3.8, 4) is 0 Å². The van der Waals surface area contributed by atoms with E-state index in [1.807, 2.05) is 24.3 Å². The summed E-state index contributed by atoms with van der Waals surface area (Å²) in [5, 5.41) is 5.50. The lowest BCUT2D eigenvalue weighted by atomic mass is 10.1. The Kier molecular flexibility index (Phi) is 5.08. The van der Waals surface area contributed by atoms with Crippen molar-refractivity contribution < 1.29 is 14.3 Å². The molecule has 0 atom stereocenters. The molecule has 3 rings (SSSR count). The number of carbonyl (C=O) groups excluding carboxylic acids is 2. The Bertz CT molecular complexity index is 727. The van der Waals surface area contributed by atoms with E-state index in [9.17, 15) is 9.59 Å². The van der Waals surface area contributed by atoms with Crippen molar-refractivity contribution in [2.75, 3.05) is 41.8 Å². The van der Waals surface area contributed by atoms with Gasteiger partial charge in [-0.3, -0.25) is 9.59 Å². The highest BCUT2D eigenvalue weighted by molar-refractivity contribution is 6.10. The van der Waals surface area contributed by atoms with Crippen molar-refractivity contribution in [1.29, 1.82) is 0 Å². The van der Waals surface area contributed by atoms with Crippen LogP contribution < -0.4 is 15.5 Å². The third-order valence-corrected chi connectivity index (χ3v) is 3.89. The zero-order valence-corrected chi connectivity index (χ0v) is 13.2. The summed E-state index contributed by atoms with van der Waals surface area (Å²) in [6, 6.07) is 14.6. The number of hydrogen-bond donors (Lipinski definition) is 2. The topological polar surface area (TPSA) is 70.7 Å². The molecule has 1 aliphatic rings. The monoisotopic (exact) mass is 325 g/mol. The van der Waals surface area contributed by atoms with Gasteiger partial charge >= 0.3 is 0 Å². The van der Waals surface area contributed by atoms with Crippen LogP contribution >= 0.6 is 0 Å². The molecule has 2 aromatic rings. The maximum Gasteiger partial charge on any atom is 0.257 e. The molecule has 124 valence electrons. The van der Waals surface area contributed by atoms with Gasteiger partial charge in [-0.05, 0) is 24.3 Å². The van der Waals surface area contributed by atoms with E-state index in [0.717, 1.165) is 24.5 Å². The molecule has 0 unspecified atom stereocenters. The standard InChI is InChI=1S/C18H19N3O3/c22-13-19-15-6-2-1-5-14(15)18(23)20-16-7-3-4-8-17(16)21-9-11-24-12-10-21/h1-8,13H,9-12H2,(H,19,22)(H,20,23). The van der Waals surface area contributed by atoms with E-state index < -0.39 is 0 Å². The fourth-order valence-corrected chi connectivity index (χ4v) is 2.72. The fourth-order valence-electron chi connectivity index (χ4n) is 2.72. The van der Waals surface area contributed by atoms with Gasteiger partial charge in [0.2, 0.25) is 6.41 Å². The van der Waals surface area contributed by atoms with Crippen LogP contribution in [0.15, 0.2) is 48.5 Å². The van der Waals surface area contributed by atoms with Crippen molar-refractivity contribution in [2.45, 2.75) is 0 Å². The predicted octanol–water partition coefficient (Wildman–Crippen LogP) is 2.34. The minimum atomic E-state index is -0.263. The molecule has 0 bridgehead atoms. The molecule has 0 aliphatic carbocycles. The van der Waals surface area contributed by atoms with Crippen LogP contribution in [0.4, 0.5) is 17.1 Å². The molecule has 1 saturated heterocycles. The molecule has 2 amide bonds. The molecule has 6 heteroatoms. The Hall–Kier alpha value is -2.86. The third-order valence-electron chi connectivity index (χ3n) is 3.89. The Labute approximate surface area is 140 Å². The van der Waals surface area contributed by atoms with Crippen LogP contribution in [-0.2, 0) is 9.53 Å². The Morgan fingerprint density at radius 1 is 1.00 bits per heavy atom. The number of morpholine rings is 1. The van der Waals surface area contributed by atoms with Crippen LogP contribution in [-0.4, -0.2) is 38.6 Å². The van der Waals surface area contributed by atoms with Gasteiger partial charge in [0.1, 0.15) is 0 Å². The predicted molar refractivity (Wildman–Crippen MR) is 93.6 cm³/mol. The summed E-state index contributed by atoms with van der Waals surface area (Å²) in [6.45, 7) is 2.93. The molecule has 2 N–H and O–H groups in total. The summed E-state index contributed by atoms with van der Waals surface area (Å²) in [5.74, 6) is -0.263. The normalized spacial score (nSPS) is 14.1. The Morgan fingerprint density at radius 2 is 1.67 bits per heavy atom. The number of hydrogen-bond acceptors (Lipinski definition) is 4. The molecule has 24 heavy (non-hydrogen) atoms. The van der Waals surface area contributed by atoms with Crippen molar-refractivity contribution >= 4 is 29.4 Å². The number of nitrogens with one attached hydrogen (secondary N) is 2. The van der Waals surface area contributed by atoms with E-state index in [1.54, 1.807) is 24.3 Å². The Morgan fingerprint density at radius 3 is 2.42 bits per heavy atom. The second kappa shape index (κ2) is 7.61. The van der Waals surface area contributed by atoms with Crippen LogP contribution in [0.3, 0.4) is 0 Å². The van der Waals surface area contributed by atoms with E-state index in [2.05, 4.69) is 15.5 Å². The van der Waals surface area contributed by atoms with Gasteiger partial charge in [0.05, 0.1) is 35.8 Å². The fraction of sp³-hybridized carbons (Fsp3) is 0.222. The highest BCUT2D eigenvalue weighted by atomic mass is 16.5. The molecule has 0 aromatic heterocycles. The van der Waals surface area contributed by atoms with Crippen LogP contribution in [0.25, 0.3) is 0 Å². The summed E-state index contributed by atoms with van der Waals surface area (Å²) in [5.41, 5.74) is 2.61. The van der Waals surface area contributed by atoms with Gasteiger partial charge in [-0.2, -0.15) is 0 Å². The van der Waals surface area contributed by atoms with Gasteiger partial charge in [0, 0.05) is 13.1 Å². The molecular weight excluding hydrogens is 306 g/mol. The van der Waals surface area contributed by atoms with Crippen LogP contribution in [0, 0.1) is 0 Å². The zero-order chi connectivity index (χ0) is 16.8. The smallest absolute Gasteiger partial charge is 0.257 e. The minimum Gasteiger partial charge on any atom is -0.378 e. The van der Waals surface area contributed by atoms with Gasteiger partial charge in [0.25, 0.3) is 5.91 Å². The van der Waals surface area contributed by atoms with Gasteiger partial charge in [-0.25, -0.2) is 0 Å². The Balaban J connectivity index is 1.83. The summed E-state index contributed by atoms with van der Waals surface area (Å²) >= 11 is 0. The lowest BCUT2D eigenvalue weighted by Gasteiger charge is -2.30. The van der Waals surface area contributed by atoms with E-state index in [-0.39, 0.29) is 5.91 Å². The van der Waals surface area contributed by atoms with Gasteiger partial charge in [-0.1, -0.05) is 24.3 Å². The number of anilines is 3. The van der Waals surface area contributed by atoms with Crippen molar-refractivity contribution in [1.82, 2.24) is 0 Å². The van der Waals surface area contributed by atoms with Crippen LogP contribution in [0.2, 0.25) is 0 Å². The van der Waals surface area contributed by atoms with E-state index in [0.29, 0.717) is 30.9 Å². The average Bonchev–Trinajstić information content (AvgIpc) is 2.63. The zero-order valence-electron chi connectivity index (χ0n) is 13.2. The molecule has 1 aliphatic heterocycles. The first kappa shape index (κ1) is 16.0. The first-order chi connectivity index (χ1) is 11.8. The number of benzene rings is 2. The molecule has 1 heterocycles. The highest BCUT2D eigenvalue weighted by Gasteiger charge is 2.17. The summed E-state index contributed by atoms with van der Waals surface area (Å²) in [4.78, 5) is 25.5. The first-order valence-corrected chi connectivity index (χ1v) is 7.82. The quantitative estimate of drug-likeness (QED) is 0.828. The maximum absolute atomic E-state index is 12.6. The van der Waals surface area contributed by atoms with Crippen LogP contribution in [0.5, 0.6) is 0 Å². The summed E-state index contributed by atoms with van der Waals surface area (Å²) in [7, 11) is 0. The van der Waals surface area contributed by atoms with Crippen molar-refractivity contribution in [3.63, 3.8) is 0 Å². The molecule has 2 aromatic carbocycles. The van der Waals surface area contributed by atoms with E-state index in [4.69, 9.17) is 4.74 Å². The highest BCUT2D eigenvalue weighted by Crippen LogP contribution is 2.27. The van der Waals surface area contributed by atoms with E-state index >= 15 is 0 Å². The summed E-state index contributed by atoms with van der Waals surface area (Å²) < 4.78 is 5.38. The van der Waals surface area contributed by atoms with E-state index in [1.165, 1.54) is 0 Å². The maximum atomic E-state index is 12.6. The van der Waals surface area contributed by atoms with Crippen molar-refractivity contribution in [3.05, 3.63) is 54.1 Å². The lowest BCUT2D eigenvalue weighted by Crippen LogP contribution is -2.36. The second-order valence-corrected chi connectivity index (χ2v) is 5.38. The third kappa shape index (κ3) is 3.55. The molecule has 0 spiro atoms. The molecule has 6 nitrogen and oxygen atoms in total. The van der Waals surface area contributed by atoms with Gasteiger partial charge in [-0.15, -0.1) is 0 Å². The minimum absolute atomic E-state index is 0.263. The lowest BCUT2D eigenvalue weighted by molar-refractivity contribution is -0.105. The molecule has 0 saturated carbocycles. The molecular formula is C18H19N3O3. The number of amides is 2. The number of para-hydroxylation sites is 3. The van der Waals surface area contributed by atoms with Gasteiger partial charge < -0.3 is 20.3 Å². The largest absolute Gasteiger partial charge is 0.378 e. The average molecular weight is 325 g/mol. The number of ether oxygens (including phenoxy) is 1. The number of rotatable bonds is 5. The van der Waals surface area contributed by atoms with Crippen LogP contribution in [0.1, 0.15) is 10.4 Å². The second-order valence-electron chi connectivity index (χ2n) is 5.38. The molecule has 1 fully saturated rings. The first-order valence-electron chi connectivity index (χ1n) is 7.82.